The quantitative estimate of drug-likeness (QED) is 0.768. The van der Waals surface area contributed by atoms with Crippen LogP contribution in [0.3, 0.4) is 0 Å². The average molecular weight is 353 g/mol. The van der Waals surface area contributed by atoms with Gasteiger partial charge in [-0.3, -0.25) is 4.79 Å². The highest BCUT2D eigenvalue weighted by Gasteiger charge is 2.54. The molecule has 4 bridgehead atoms. The number of fused-ring (bicyclic) bond motifs is 1. The molecule has 138 valence electrons. The molecule has 1 aliphatic heterocycles. The lowest BCUT2D eigenvalue weighted by molar-refractivity contribution is -0.138. The maximum Gasteiger partial charge on any atom is 0.163 e. The maximum absolute atomic E-state index is 13.9. The van der Waals surface area contributed by atoms with Crippen molar-refractivity contribution in [3.05, 3.63) is 41.2 Å². The van der Waals surface area contributed by atoms with E-state index in [0.29, 0.717) is 0 Å². The summed E-state index contributed by atoms with van der Waals surface area (Å²) in [5.74, 6) is 2.31. The van der Waals surface area contributed by atoms with E-state index in [0.717, 1.165) is 60.3 Å². The van der Waals surface area contributed by atoms with Crippen molar-refractivity contribution >= 4 is 11.5 Å². The zero-order valence-corrected chi connectivity index (χ0v) is 15.8. The predicted molar refractivity (Wildman–Crippen MR) is 101 cm³/mol. The van der Waals surface area contributed by atoms with Crippen LogP contribution in [0.25, 0.3) is 5.70 Å². The Balaban J connectivity index is 1.52. The molecular weight excluding hydrogens is 325 g/mol. The van der Waals surface area contributed by atoms with Gasteiger partial charge in [0.05, 0.1) is 0 Å². The van der Waals surface area contributed by atoms with E-state index in [-0.39, 0.29) is 22.6 Å². The number of carbonyl (C=O) groups excluding carboxylic acids is 1. The molecule has 0 atom stereocenters. The van der Waals surface area contributed by atoms with Crippen LogP contribution in [0.5, 0.6) is 0 Å². The number of allylic oxidation sites excluding steroid dienone is 1. The maximum atomic E-state index is 13.9. The fourth-order valence-electron chi connectivity index (χ4n) is 6.72. The van der Waals surface area contributed by atoms with Gasteiger partial charge in [-0.1, -0.05) is 6.07 Å². The van der Waals surface area contributed by atoms with Crippen molar-refractivity contribution in [2.75, 3.05) is 0 Å². The second-order valence-electron chi connectivity index (χ2n) is 10.1. The topological polar surface area (TPSA) is 29.1 Å². The molecule has 0 saturated heterocycles. The molecule has 1 aromatic rings. The normalized spacial score (nSPS) is 38.1. The van der Waals surface area contributed by atoms with Crippen LogP contribution in [0, 0.1) is 29.0 Å². The summed E-state index contributed by atoms with van der Waals surface area (Å²) in [6.45, 7) is 4.28. The number of benzene rings is 1. The van der Waals surface area contributed by atoms with Gasteiger partial charge in [0.25, 0.3) is 0 Å². The van der Waals surface area contributed by atoms with E-state index < -0.39 is 0 Å². The third kappa shape index (κ3) is 2.62. The summed E-state index contributed by atoms with van der Waals surface area (Å²) in [6.07, 6.45) is 9.88. The van der Waals surface area contributed by atoms with E-state index in [1.165, 1.54) is 25.3 Å². The van der Waals surface area contributed by atoms with E-state index in [1.54, 1.807) is 6.07 Å². The summed E-state index contributed by atoms with van der Waals surface area (Å²) >= 11 is 0. The Morgan fingerprint density at radius 3 is 2.35 bits per heavy atom. The standard InChI is InChI=1S/C23H28FNO/c1-22(2)13-17-3-4-18(24)8-19(17)20(25-22)9-21(26)23-10-14-5-15(11-23)7-16(6-14)12-23/h3-4,8-9,14-16,25H,5-7,10-13H2,1-2H3/b20-9+. The fourth-order valence-corrected chi connectivity index (χ4v) is 6.72. The minimum Gasteiger partial charge on any atom is -0.379 e. The summed E-state index contributed by atoms with van der Waals surface area (Å²) in [6, 6.07) is 4.98. The van der Waals surface area contributed by atoms with Gasteiger partial charge < -0.3 is 5.32 Å². The van der Waals surface area contributed by atoms with E-state index in [1.807, 2.05) is 12.1 Å². The molecule has 0 unspecified atom stereocenters. The predicted octanol–water partition coefficient (Wildman–Crippen LogP) is 4.88. The first-order valence-electron chi connectivity index (χ1n) is 10.2. The third-order valence-electron chi connectivity index (χ3n) is 7.30. The van der Waals surface area contributed by atoms with Gasteiger partial charge in [0.1, 0.15) is 5.82 Å². The Morgan fingerprint density at radius 2 is 1.73 bits per heavy atom. The van der Waals surface area contributed by atoms with E-state index in [4.69, 9.17) is 0 Å². The van der Waals surface area contributed by atoms with Crippen molar-refractivity contribution in [2.24, 2.45) is 23.2 Å². The zero-order valence-electron chi connectivity index (χ0n) is 15.8. The van der Waals surface area contributed by atoms with Crippen LogP contribution in [0.15, 0.2) is 24.3 Å². The van der Waals surface area contributed by atoms with Crippen molar-refractivity contribution in [1.29, 1.82) is 0 Å². The van der Waals surface area contributed by atoms with E-state index >= 15 is 0 Å². The van der Waals surface area contributed by atoms with Gasteiger partial charge in [-0.05, 0) is 94.2 Å². The monoisotopic (exact) mass is 353 g/mol. The minimum atomic E-state index is -0.238. The van der Waals surface area contributed by atoms with Crippen LogP contribution in [-0.2, 0) is 11.2 Å². The number of hydrogen-bond donors (Lipinski definition) is 1. The first kappa shape index (κ1) is 16.5. The van der Waals surface area contributed by atoms with Crippen molar-refractivity contribution in [3.63, 3.8) is 0 Å². The molecule has 4 fully saturated rings. The smallest absolute Gasteiger partial charge is 0.163 e. The molecule has 2 nitrogen and oxygen atoms in total. The second-order valence-corrected chi connectivity index (χ2v) is 10.1. The molecule has 1 N–H and O–H groups in total. The zero-order chi connectivity index (χ0) is 18.1. The van der Waals surface area contributed by atoms with Crippen molar-refractivity contribution in [2.45, 2.75) is 64.3 Å². The molecule has 0 amide bonds. The molecule has 1 heterocycles. The number of hydrogen-bond acceptors (Lipinski definition) is 2. The van der Waals surface area contributed by atoms with Crippen LogP contribution in [0.4, 0.5) is 4.39 Å². The summed E-state index contributed by atoms with van der Waals surface area (Å²) in [5.41, 5.74) is 2.54. The SMILES string of the molecule is CC1(C)Cc2ccc(F)cc2/C(=C\C(=O)C23CC4CC(CC(C4)C2)C3)N1. The Kier molecular flexibility index (Phi) is 3.45. The minimum absolute atomic E-state index is 0.127. The average Bonchev–Trinajstić information content (AvgIpc) is 2.53. The summed E-state index contributed by atoms with van der Waals surface area (Å²) < 4.78 is 13.9. The summed E-state index contributed by atoms with van der Waals surface area (Å²) in [5, 5.41) is 3.51. The van der Waals surface area contributed by atoms with Crippen molar-refractivity contribution < 1.29 is 9.18 Å². The molecular formula is C23H28FNO. The number of nitrogens with one attached hydrogen (secondary N) is 1. The molecule has 4 aliphatic carbocycles. The number of carbonyl (C=O) groups is 1. The van der Waals surface area contributed by atoms with Gasteiger partial charge in [-0.25, -0.2) is 4.39 Å². The highest BCUT2D eigenvalue weighted by atomic mass is 19.1. The molecule has 0 spiro atoms. The first-order chi connectivity index (χ1) is 12.3. The van der Waals surface area contributed by atoms with Gasteiger partial charge in [0, 0.05) is 28.3 Å². The first-order valence-corrected chi connectivity index (χ1v) is 10.2. The molecule has 0 aromatic heterocycles. The molecule has 6 rings (SSSR count). The Morgan fingerprint density at radius 1 is 1.12 bits per heavy atom. The van der Waals surface area contributed by atoms with Crippen LogP contribution in [0.1, 0.15) is 63.5 Å². The molecule has 5 aliphatic rings. The van der Waals surface area contributed by atoms with Gasteiger partial charge >= 0.3 is 0 Å². The molecule has 4 saturated carbocycles. The lowest BCUT2D eigenvalue weighted by Crippen LogP contribution is -2.50. The van der Waals surface area contributed by atoms with Crippen LogP contribution in [-0.4, -0.2) is 11.3 Å². The largest absolute Gasteiger partial charge is 0.379 e. The lowest BCUT2D eigenvalue weighted by atomic mass is 9.48. The number of rotatable bonds is 2. The molecule has 3 heteroatoms. The van der Waals surface area contributed by atoms with Gasteiger partial charge in [-0.2, -0.15) is 0 Å². The van der Waals surface area contributed by atoms with Crippen LogP contribution in [0.2, 0.25) is 0 Å². The summed E-state index contributed by atoms with van der Waals surface area (Å²) in [7, 11) is 0. The van der Waals surface area contributed by atoms with Gasteiger partial charge in [-0.15, -0.1) is 0 Å². The second kappa shape index (κ2) is 5.43. The molecule has 26 heavy (non-hydrogen) atoms. The van der Waals surface area contributed by atoms with E-state index in [2.05, 4.69) is 19.2 Å². The molecule has 1 aromatic carbocycles. The van der Waals surface area contributed by atoms with Gasteiger partial charge in [0.15, 0.2) is 5.78 Å². The Bertz CT molecular complexity index is 771. The van der Waals surface area contributed by atoms with Gasteiger partial charge in [0.2, 0.25) is 0 Å². The highest BCUT2D eigenvalue weighted by molar-refractivity contribution is 6.01. The third-order valence-corrected chi connectivity index (χ3v) is 7.30. The lowest BCUT2D eigenvalue weighted by Gasteiger charge is -2.55. The Labute approximate surface area is 155 Å². The van der Waals surface area contributed by atoms with E-state index in [9.17, 15) is 9.18 Å². The van der Waals surface area contributed by atoms with Crippen LogP contribution >= 0.6 is 0 Å². The van der Waals surface area contributed by atoms with Crippen LogP contribution < -0.4 is 5.32 Å². The van der Waals surface area contributed by atoms with Crippen molar-refractivity contribution in [1.82, 2.24) is 5.32 Å². The number of halogens is 1. The Hall–Kier alpha value is -1.64. The highest BCUT2D eigenvalue weighted by Crippen LogP contribution is 2.60. The summed E-state index contributed by atoms with van der Waals surface area (Å²) in [4.78, 5) is 13.5. The van der Waals surface area contributed by atoms with Crippen molar-refractivity contribution in [3.8, 4) is 0 Å². The fraction of sp³-hybridized carbons (Fsp3) is 0.609. The molecule has 0 radical (unpaired) electrons. The number of ketones is 1.